The highest BCUT2D eigenvalue weighted by molar-refractivity contribution is 5.00. The number of hydrogen-bond acceptors (Lipinski definition) is 31. The molecule has 6 saturated heterocycles. The number of aliphatic hydroxyl groups excluding tert-OH is 13. The smallest absolute Gasteiger partial charge is 0.164 e. The number of hydrogen-bond donors (Lipinski definition) is 13. The standard InChI is InChI=1S/C55H99N3O30/c1-72-20-39-27(8-60)26(7-59)34(15-67)51(79-39)85-46-29(10-62)36(17-69)53(81-41(46)22-74-3)87-48-31(12-64)38(19-71)55(83-43(48)24-76-5)88-49-32(13-65)37(18-70)54(82-44(49)25-77-6)86-47-30(11-63)35(16-68)52(80-42(47)23-75-4)84-45-28(9-61)33(14-66)50(57-58-56)78-40(45)21-73-2/h26-55,59-71H,7-25H2,1-6H3/t26-,27+,28+,29+,30+,31+,32+,33?,34?,35?,36?,37?,38?,39?,40?,41?,42?,43?,44?,45+,46+,47+,48+,49+,50+,51-,52-,53-,54-,55-/m0/s1. The van der Waals surface area contributed by atoms with Gasteiger partial charge in [-0.1, -0.05) is 5.11 Å². The highest BCUT2D eigenvalue weighted by Crippen LogP contribution is 2.46. The zero-order chi connectivity index (χ0) is 64.2. The number of aliphatic hydroxyl groups is 13. The summed E-state index contributed by atoms with van der Waals surface area (Å²) in [6, 6.07) is 0. The molecule has 514 valence electrons. The molecule has 0 radical (unpaired) electrons. The summed E-state index contributed by atoms with van der Waals surface area (Å²) in [5.41, 5.74) is 9.25. The van der Waals surface area contributed by atoms with Crippen molar-refractivity contribution in [2.75, 3.05) is 168 Å². The molecule has 33 nitrogen and oxygen atoms in total. The van der Waals surface area contributed by atoms with Crippen molar-refractivity contribution in [1.29, 1.82) is 0 Å². The monoisotopic (exact) mass is 1280 g/mol. The Labute approximate surface area is 511 Å². The molecule has 0 spiro atoms. The van der Waals surface area contributed by atoms with Crippen LogP contribution in [0, 0.1) is 76.9 Å². The fourth-order valence-electron chi connectivity index (χ4n) is 14.0. The van der Waals surface area contributed by atoms with Crippen molar-refractivity contribution in [2.45, 2.75) is 105 Å². The van der Waals surface area contributed by atoms with Crippen molar-refractivity contribution in [3.8, 4) is 0 Å². The van der Waals surface area contributed by atoms with Crippen molar-refractivity contribution in [1.82, 2.24) is 0 Å². The third kappa shape index (κ3) is 17.0. The second-order valence-electron chi connectivity index (χ2n) is 23.2. The highest BCUT2D eigenvalue weighted by Gasteiger charge is 2.58. The van der Waals surface area contributed by atoms with Crippen LogP contribution in [0.15, 0.2) is 5.11 Å². The van der Waals surface area contributed by atoms with Gasteiger partial charge in [0.05, 0.1) is 109 Å². The van der Waals surface area contributed by atoms with Gasteiger partial charge in [-0.2, -0.15) is 0 Å². The Kier molecular flexibility index (Phi) is 32.3. The number of azide groups is 1. The van der Waals surface area contributed by atoms with Crippen LogP contribution < -0.4 is 0 Å². The number of methoxy groups -OCH3 is 6. The van der Waals surface area contributed by atoms with E-state index in [2.05, 4.69) is 10.0 Å². The first-order valence-electron chi connectivity index (χ1n) is 29.9. The van der Waals surface area contributed by atoms with Gasteiger partial charge in [0.2, 0.25) is 0 Å². The van der Waals surface area contributed by atoms with Gasteiger partial charge in [-0.25, -0.2) is 0 Å². The van der Waals surface area contributed by atoms with Crippen LogP contribution in [0.3, 0.4) is 0 Å². The fraction of sp³-hybridized carbons (Fsp3) is 1.00. The molecule has 6 aliphatic heterocycles. The van der Waals surface area contributed by atoms with E-state index in [1.807, 2.05) is 0 Å². The van der Waals surface area contributed by atoms with Gasteiger partial charge in [-0.15, -0.1) is 0 Å². The summed E-state index contributed by atoms with van der Waals surface area (Å²) in [6.07, 6.45) is -19.9. The van der Waals surface area contributed by atoms with E-state index in [1.54, 1.807) is 0 Å². The maximum atomic E-state index is 11.3. The minimum atomic E-state index is -1.42. The molecule has 6 heterocycles. The van der Waals surface area contributed by atoms with Crippen LogP contribution in [-0.4, -0.2) is 339 Å². The Hall–Kier alpha value is -1.89. The molecular formula is C55H99N3O30. The molecular weight excluding hydrogens is 1180 g/mol. The maximum absolute atomic E-state index is 11.3. The highest BCUT2D eigenvalue weighted by atomic mass is 16.8. The van der Waals surface area contributed by atoms with E-state index in [-0.39, 0.29) is 46.2 Å². The van der Waals surface area contributed by atoms with E-state index in [1.165, 1.54) is 42.7 Å². The summed E-state index contributed by atoms with van der Waals surface area (Å²) in [7, 11) is 8.40. The zero-order valence-corrected chi connectivity index (χ0v) is 50.9. The first-order valence-corrected chi connectivity index (χ1v) is 29.9. The van der Waals surface area contributed by atoms with Crippen molar-refractivity contribution in [3.63, 3.8) is 0 Å². The van der Waals surface area contributed by atoms with Crippen molar-refractivity contribution < 1.29 is 147 Å². The molecule has 0 aromatic carbocycles. The van der Waals surface area contributed by atoms with Gasteiger partial charge < -0.3 is 147 Å². The van der Waals surface area contributed by atoms with Crippen LogP contribution in [-0.2, 0) is 80.5 Å². The molecule has 88 heavy (non-hydrogen) atoms. The largest absolute Gasteiger partial charge is 0.396 e. The molecule has 0 aromatic rings. The molecule has 12 unspecified atom stereocenters. The summed E-state index contributed by atoms with van der Waals surface area (Å²) in [4.78, 5) is 2.83. The normalized spacial score (nSPS) is 43.4. The van der Waals surface area contributed by atoms with E-state index in [0.29, 0.717) is 0 Å². The predicted octanol–water partition coefficient (Wildman–Crippen LogP) is -5.64. The van der Waals surface area contributed by atoms with E-state index >= 15 is 0 Å². The minimum Gasteiger partial charge on any atom is -0.396 e. The lowest BCUT2D eigenvalue weighted by Gasteiger charge is -2.53. The predicted molar refractivity (Wildman–Crippen MR) is 294 cm³/mol. The lowest BCUT2D eigenvalue weighted by molar-refractivity contribution is -0.382. The summed E-state index contributed by atoms with van der Waals surface area (Å²) in [5, 5.41) is 145. The van der Waals surface area contributed by atoms with Gasteiger partial charge in [0, 0.05) is 171 Å². The molecule has 33 heteroatoms. The molecule has 6 rings (SSSR count). The van der Waals surface area contributed by atoms with E-state index in [4.69, 9.17) is 80.5 Å². The van der Waals surface area contributed by atoms with Crippen molar-refractivity contribution in [3.05, 3.63) is 10.4 Å². The second kappa shape index (κ2) is 37.9. The van der Waals surface area contributed by atoms with Crippen molar-refractivity contribution >= 4 is 0 Å². The molecule has 0 saturated carbocycles. The SMILES string of the molecule is COCC1O[C@@H](O[C@H]2C(COC)O[C@@H](O[C@H]3C(COC)O[C@@H](O[C@H]4C(COC)O[C@@H](O[C@H]5C(COC)O[C@@H](O[C@H]6C(COC)O[C@@H](N=[N+]=[N-])C(CO)[C@H]6CO)C(CO)[C@H]5CO)C(CO)[C@H]4CO)C(CO)[C@H]3CO)C(CO)[C@H]2CO)C(CO)[C@@H](CO)[C@H]1CO. The first-order chi connectivity index (χ1) is 42.8. The molecule has 13 N–H and O–H groups in total. The second-order valence-corrected chi connectivity index (χ2v) is 23.2. The van der Waals surface area contributed by atoms with Gasteiger partial charge in [0.25, 0.3) is 0 Å². The van der Waals surface area contributed by atoms with Crippen LogP contribution in [0.4, 0.5) is 0 Å². The van der Waals surface area contributed by atoms with Gasteiger partial charge in [0.1, 0.15) is 36.7 Å². The van der Waals surface area contributed by atoms with Gasteiger partial charge in [-0.3, -0.25) is 0 Å². The van der Waals surface area contributed by atoms with E-state index in [0.717, 1.165) is 0 Å². The van der Waals surface area contributed by atoms with Gasteiger partial charge >= 0.3 is 0 Å². The zero-order valence-electron chi connectivity index (χ0n) is 50.9. The average molecular weight is 1280 g/mol. The lowest BCUT2D eigenvalue weighted by atomic mass is 9.76. The Balaban J connectivity index is 1.24. The van der Waals surface area contributed by atoms with Crippen LogP contribution in [0.2, 0.25) is 0 Å². The van der Waals surface area contributed by atoms with E-state index in [9.17, 15) is 71.9 Å². The Bertz CT molecular complexity index is 1980. The van der Waals surface area contributed by atoms with Gasteiger partial charge in [0.15, 0.2) is 31.5 Å². The number of ether oxygens (including phenoxy) is 17. The summed E-state index contributed by atoms with van der Waals surface area (Å²) < 4.78 is 105. The lowest BCUT2D eigenvalue weighted by Crippen LogP contribution is -2.64. The molecule has 6 fully saturated rings. The third-order valence-electron chi connectivity index (χ3n) is 18.6. The van der Waals surface area contributed by atoms with E-state index < -0.39 is 261 Å². The first kappa shape index (κ1) is 75.1. The maximum Gasteiger partial charge on any atom is 0.164 e. The van der Waals surface area contributed by atoms with Gasteiger partial charge in [-0.05, 0) is 11.4 Å². The van der Waals surface area contributed by atoms with Crippen LogP contribution >= 0.6 is 0 Å². The van der Waals surface area contributed by atoms with Crippen LogP contribution in [0.5, 0.6) is 0 Å². The molecule has 0 amide bonds. The Morgan fingerprint density at radius 2 is 0.477 bits per heavy atom. The molecule has 0 aromatic heterocycles. The van der Waals surface area contributed by atoms with Crippen LogP contribution in [0.1, 0.15) is 0 Å². The van der Waals surface area contributed by atoms with Crippen LogP contribution in [0.25, 0.3) is 10.4 Å². The third-order valence-corrected chi connectivity index (χ3v) is 18.6. The topological polar surface area (TPSA) is 469 Å². The summed E-state index contributed by atoms with van der Waals surface area (Å²) in [6.45, 7) is -8.52. The Morgan fingerprint density at radius 3 is 0.705 bits per heavy atom. The molecule has 0 bridgehead atoms. The minimum absolute atomic E-state index is 0.0113. The number of rotatable bonds is 36. The number of nitrogens with zero attached hydrogens (tertiary/aromatic N) is 3. The average Bonchev–Trinajstić information content (AvgIpc) is 1.08. The quantitative estimate of drug-likeness (QED) is 0.0158. The molecule has 6 aliphatic rings. The summed E-state index contributed by atoms with van der Waals surface area (Å²) >= 11 is 0. The fourth-order valence-corrected chi connectivity index (χ4v) is 14.0. The summed E-state index contributed by atoms with van der Waals surface area (Å²) in [5.74, 6) is -12.5. The Morgan fingerprint density at radius 1 is 0.273 bits per heavy atom. The van der Waals surface area contributed by atoms with Crippen molar-refractivity contribution in [2.24, 2.45) is 82.0 Å². The molecule has 30 atom stereocenters. The molecule has 0 aliphatic carbocycles.